The normalized spacial score (nSPS) is 10.7. The lowest BCUT2D eigenvalue weighted by molar-refractivity contribution is 0.906. The highest BCUT2D eigenvalue weighted by molar-refractivity contribution is 9.10. The van der Waals surface area contributed by atoms with Gasteiger partial charge in [-0.15, -0.1) is 0 Å². The third kappa shape index (κ3) is 3.34. The molecule has 1 heterocycles. The fraction of sp³-hybridized carbons (Fsp3) is 0.118. The van der Waals surface area contributed by atoms with Crippen LogP contribution in [-0.2, 0) is 13.6 Å². The van der Waals surface area contributed by atoms with Crippen LogP contribution in [0.25, 0.3) is 11.3 Å². The van der Waals surface area contributed by atoms with Crippen molar-refractivity contribution in [2.45, 2.75) is 6.54 Å². The van der Waals surface area contributed by atoms with Crippen molar-refractivity contribution in [3.05, 3.63) is 69.8 Å². The molecular weight excluding hydrogens is 362 g/mol. The molecule has 3 rings (SSSR count). The van der Waals surface area contributed by atoms with Gasteiger partial charge in [-0.05, 0) is 29.8 Å². The van der Waals surface area contributed by atoms with Crippen LogP contribution in [0.2, 0.25) is 5.02 Å². The van der Waals surface area contributed by atoms with E-state index >= 15 is 0 Å². The fourth-order valence-corrected chi connectivity index (χ4v) is 2.95. The van der Waals surface area contributed by atoms with Gasteiger partial charge in [0.05, 0.1) is 11.9 Å². The molecule has 0 spiro atoms. The van der Waals surface area contributed by atoms with E-state index in [2.05, 4.69) is 38.4 Å². The lowest BCUT2D eigenvalue weighted by Gasteiger charge is -2.09. The SMILES string of the molecule is Cn1c(-c2cccc(Cl)c2)cnc1NCc1cccc(Br)c1. The average Bonchev–Trinajstić information content (AvgIpc) is 2.86. The first-order chi connectivity index (χ1) is 10.6. The molecule has 0 saturated carbocycles. The van der Waals surface area contributed by atoms with Crippen LogP contribution >= 0.6 is 27.5 Å². The van der Waals surface area contributed by atoms with E-state index in [9.17, 15) is 0 Å². The number of hydrogen-bond donors (Lipinski definition) is 1. The van der Waals surface area contributed by atoms with Gasteiger partial charge < -0.3 is 9.88 Å². The van der Waals surface area contributed by atoms with Gasteiger partial charge in [0.2, 0.25) is 5.95 Å². The van der Waals surface area contributed by atoms with Gasteiger partial charge in [0, 0.05) is 28.7 Å². The largest absolute Gasteiger partial charge is 0.352 e. The van der Waals surface area contributed by atoms with Crippen LogP contribution in [0.3, 0.4) is 0 Å². The van der Waals surface area contributed by atoms with Crippen LogP contribution in [0.4, 0.5) is 5.95 Å². The van der Waals surface area contributed by atoms with Gasteiger partial charge in [-0.3, -0.25) is 0 Å². The molecule has 3 aromatic rings. The topological polar surface area (TPSA) is 29.9 Å². The number of rotatable bonds is 4. The Kier molecular flexibility index (Phi) is 4.50. The van der Waals surface area contributed by atoms with E-state index in [0.717, 1.165) is 33.2 Å². The van der Waals surface area contributed by atoms with Crippen LogP contribution in [0.5, 0.6) is 0 Å². The summed E-state index contributed by atoms with van der Waals surface area (Å²) in [6.07, 6.45) is 1.86. The Morgan fingerprint density at radius 1 is 1.18 bits per heavy atom. The van der Waals surface area contributed by atoms with E-state index < -0.39 is 0 Å². The molecule has 0 aliphatic carbocycles. The maximum atomic E-state index is 6.06. The molecule has 22 heavy (non-hydrogen) atoms. The minimum Gasteiger partial charge on any atom is -0.352 e. The van der Waals surface area contributed by atoms with Crippen molar-refractivity contribution in [1.82, 2.24) is 9.55 Å². The molecule has 0 saturated heterocycles. The molecule has 0 fully saturated rings. The van der Waals surface area contributed by atoms with Crippen molar-refractivity contribution in [2.24, 2.45) is 7.05 Å². The zero-order valence-corrected chi connectivity index (χ0v) is 14.4. The predicted octanol–water partition coefficient (Wildman–Crippen LogP) is 5.12. The molecule has 0 unspecified atom stereocenters. The quantitative estimate of drug-likeness (QED) is 0.685. The summed E-state index contributed by atoms with van der Waals surface area (Å²) < 4.78 is 3.11. The highest BCUT2D eigenvalue weighted by atomic mass is 79.9. The Labute approximate surface area is 143 Å². The number of nitrogens with zero attached hydrogens (tertiary/aromatic N) is 2. The molecule has 0 aliphatic rings. The van der Waals surface area contributed by atoms with Crippen molar-refractivity contribution in [3.8, 4) is 11.3 Å². The molecule has 2 aromatic carbocycles. The van der Waals surface area contributed by atoms with E-state index in [4.69, 9.17) is 11.6 Å². The van der Waals surface area contributed by atoms with Crippen LogP contribution in [-0.4, -0.2) is 9.55 Å². The van der Waals surface area contributed by atoms with Crippen molar-refractivity contribution < 1.29 is 0 Å². The third-order valence-corrected chi connectivity index (χ3v) is 4.18. The summed E-state index contributed by atoms with van der Waals surface area (Å²) in [6.45, 7) is 0.722. The number of imidazole rings is 1. The van der Waals surface area contributed by atoms with Gasteiger partial charge in [0.1, 0.15) is 0 Å². The summed E-state index contributed by atoms with van der Waals surface area (Å²) >= 11 is 9.54. The smallest absolute Gasteiger partial charge is 0.203 e. The molecule has 1 aromatic heterocycles. The Morgan fingerprint density at radius 2 is 2.00 bits per heavy atom. The summed E-state index contributed by atoms with van der Waals surface area (Å²) in [4.78, 5) is 4.46. The second-order valence-corrected chi connectivity index (χ2v) is 6.37. The van der Waals surface area contributed by atoms with Crippen molar-refractivity contribution in [1.29, 1.82) is 0 Å². The van der Waals surface area contributed by atoms with Crippen molar-refractivity contribution >= 4 is 33.5 Å². The zero-order chi connectivity index (χ0) is 15.5. The molecule has 0 amide bonds. The van der Waals surface area contributed by atoms with Crippen molar-refractivity contribution in [3.63, 3.8) is 0 Å². The molecule has 0 aliphatic heterocycles. The fourth-order valence-electron chi connectivity index (χ4n) is 2.32. The number of aromatic nitrogens is 2. The minimum atomic E-state index is 0.722. The van der Waals surface area contributed by atoms with E-state index in [1.54, 1.807) is 0 Å². The predicted molar refractivity (Wildman–Crippen MR) is 95.1 cm³/mol. The van der Waals surface area contributed by atoms with E-state index in [0.29, 0.717) is 0 Å². The summed E-state index contributed by atoms with van der Waals surface area (Å²) in [7, 11) is 1.99. The summed E-state index contributed by atoms with van der Waals surface area (Å²) in [6, 6.07) is 16.0. The first kappa shape index (κ1) is 15.1. The maximum Gasteiger partial charge on any atom is 0.203 e. The van der Waals surface area contributed by atoms with Gasteiger partial charge in [-0.25, -0.2) is 4.98 Å². The highest BCUT2D eigenvalue weighted by Crippen LogP contribution is 2.24. The highest BCUT2D eigenvalue weighted by Gasteiger charge is 2.08. The lowest BCUT2D eigenvalue weighted by Crippen LogP contribution is -2.05. The third-order valence-electron chi connectivity index (χ3n) is 3.45. The Bertz CT molecular complexity index is 798. The number of nitrogens with one attached hydrogen (secondary N) is 1. The molecule has 3 nitrogen and oxygen atoms in total. The van der Waals surface area contributed by atoms with Crippen LogP contribution in [0.1, 0.15) is 5.56 Å². The second-order valence-electron chi connectivity index (χ2n) is 5.02. The van der Waals surface area contributed by atoms with E-state index in [1.807, 2.05) is 54.2 Å². The zero-order valence-electron chi connectivity index (χ0n) is 12.1. The Morgan fingerprint density at radius 3 is 2.77 bits per heavy atom. The Hall–Kier alpha value is -1.78. The van der Waals surface area contributed by atoms with Gasteiger partial charge in [0.25, 0.3) is 0 Å². The first-order valence-electron chi connectivity index (χ1n) is 6.89. The van der Waals surface area contributed by atoms with Gasteiger partial charge in [0.15, 0.2) is 0 Å². The number of hydrogen-bond acceptors (Lipinski definition) is 2. The molecule has 0 atom stereocenters. The Balaban J connectivity index is 1.79. The van der Waals surface area contributed by atoms with Gasteiger partial charge in [-0.2, -0.15) is 0 Å². The van der Waals surface area contributed by atoms with Crippen molar-refractivity contribution in [2.75, 3.05) is 5.32 Å². The first-order valence-corrected chi connectivity index (χ1v) is 8.06. The maximum absolute atomic E-state index is 6.06. The second kappa shape index (κ2) is 6.55. The van der Waals surface area contributed by atoms with Crippen LogP contribution < -0.4 is 5.32 Å². The average molecular weight is 377 g/mol. The minimum absolute atomic E-state index is 0.722. The molecule has 5 heteroatoms. The molecule has 0 radical (unpaired) electrons. The van der Waals surface area contributed by atoms with Gasteiger partial charge >= 0.3 is 0 Å². The number of halogens is 2. The van der Waals surface area contributed by atoms with Crippen LogP contribution in [0, 0.1) is 0 Å². The monoisotopic (exact) mass is 375 g/mol. The molecule has 1 N–H and O–H groups in total. The summed E-state index contributed by atoms with van der Waals surface area (Å²) in [5.41, 5.74) is 3.28. The lowest BCUT2D eigenvalue weighted by atomic mass is 10.2. The molecule has 112 valence electrons. The summed E-state index contributed by atoms with van der Waals surface area (Å²) in [5, 5.41) is 4.08. The molecular formula is C17H15BrClN3. The number of anilines is 1. The van der Waals surface area contributed by atoms with E-state index in [-0.39, 0.29) is 0 Å². The standard InChI is InChI=1S/C17H15BrClN3/c1-22-16(13-5-3-7-15(19)9-13)11-21-17(22)20-10-12-4-2-6-14(18)8-12/h2-9,11H,10H2,1H3,(H,20,21). The van der Waals surface area contributed by atoms with Crippen LogP contribution in [0.15, 0.2) is 59.2 Å². The number of benzene rings is 2. The molecule has 0 bridgehead atoms. The van der Waals surface area contributed by atoms with Gasteiger partial charge in [-0.1, -0.05) is 51.8 Å². The van der Waals surface area contributed by atoms with E-state index in [1.165, 1.54) is 5.56 Å². The summed E-state index contributed by atoms with van der Waals surface area (Å²) in [5.74, 6) is 0.829.